The van der Waals surface area contributed by atoms with Crippen LogP contribution in [-0.2, 0) is 5.75 Å². The summed E-state index contributed by atoms with van der Waals surface area (Å²) in [6.07, 6.45) is 0.876. The number of carboxylic acid groups (broad SMARTS) is 1. The highest BCUT2D eigenvalue weighted by atomic mass is 32.2. The molecule has 2 heterocycles. The molecule has 3 N–H and O–H groups in total. The molecule has 1 aromatic carbocycles. The number of halogens is 2. The van der Waals surface area contributed by atoms with Crippen LogP contribution in [0, 0.1) is 11.7 Å². The number of H-pyrrole nitrogens is 1. The van der Waals surface area contributed by atoms with Gasteiger partial charge in [-0.15, -0.1) is 0 Å². The first kappa shape index (κ1) is 23.7. The van der Waals surface area contributed by atoms with Gasteiger partial charge in [0.15, 0.2) is 0 Å². The Morgan fingerprint density at radius 1 is 1.27 bits per heavy atom. The van der Waals surface area contributed by atoms with Gasteiger partial charge in [0.05, 0.1) is 30.5 Å². The van der Waals surface area contributed by atoms with Crippen molar-refractivity contribution in [1.82, 2.24) is 14.9 Å². The molecule has 2 atom stereocenters. The lowest BCUT2D eigenvalue weighted by Crippen LogP contribution is -2.45. The van der Waals surface area contributed by atoms with Crippen molar-refractivity contribution in [3.8, 4) is 5.75 Å². The maximum absolute atomic E-state index is 14.6. The number of alkyl halides is 1. The number of rotatable bonds is 6. The van der Waals surface area contributed by atoms with Crippen LogP contribution in [0.1, 0.15) is 37.9 Å². The highest BCUT2D eigenvalue weighted by Crippen LogP contribution is 2.30. The first-order valence-electron chi connectivity index (χ1n) is 11.1. The minimum atomic E-state index is -1.37. The second kappa shape index (κ2) is 10.3. The van der Waals surface area contributed by atoms with Crippen LogP contribution in [0.15, 0.2) is 16.9 Å². The molecule has 33 heavy (non-hydrogen) atoms. The number of carbonyl (C=O) groups is 1. The zero-order chi connectivity index (χ0) is 23.5. The van der Waals surface area contributed by atoms with Gasteiger partial charge < -0.3 is 24.8 Å². The number of ether oxygens (including phenoxy) is 1. The summed E-state index contributed by atoms with van der Waals surface area (Å²) in [7, 11) is 0. The summed E-state index contributed by atoms with van der Waals surface area (Å²) in [5.41, 5.74) is -0.399. The zero-order valence-corrected chi connectivity index (χ0v) is 18.8. The fourth-order valence-corrected chi connectivity index (χ4v) is 5.46. The van der Waals surface area contributed by atoms with Gasteiger partial charge in [0.1, 0.15) is 28.9 Å². The molecule has 0 radical (unpaired) electrons. The summed E-state index contributed by atoms with van der Waals surface area (Å²) >= 11 is 1.65. The standard InChI is InChI=1S/C22H27F2N3O5S/c23-16-7-14(32-10-12-5-6-27(22(30)31)9-17(12)24)8-18-20(16)21(29)26-19(25-18)11-33-15-3-1-13(28)2-4-15/h7-8,12-13,15,17,28H,1-6,9-11H2,(H,30,31)(H,25,26,29)/t12-,13-,15-,17+/m0/s1. The van der Waals surface area contributed by atoms with Crippen molar-refractivity contribution in [1.29, 1.82) is 0 Å². The molecule has 0 bridgehead atoms. The molecule has 2 aromatic rings. The molecule has 1 saturated carbocycles. The number of amides is 1. The summed E-state index contributed by atoms with van der Waals surface area (Å²) in [5, 5.41) is 18.8. The number of thioether (sulfide) groups is 1. The van der Waals surface area contributed by atoms with Gasteiger partial charge in [0, 0.05) is 29.8 Å². The van der Waals surface area contributed by atoms with E-state index in [-0.39, 0.29) is 42.5 Å². The maximum Gasteiger partial charge on any atom is 0.407 e. The minimum absolute atomic E-state index is 0.0288. The van der Waals surface area contributed by atoms with Crippen molar-refractivity contribution < 1.29 is 28.5 Å². The van der Waals surface area contributed by atoms with Gasteiger partial charge in [-0.05, 0) is 32.1 Å². The normalized spacial score (nSPS) is 25.8. The van der Waals surface area contributed by atoms with E-state index in [1.165, 1.54) is 6.07 Å². The number of fused-ring (bicyclic) bond motifs is 1. The van der Waals surface area contributed by atoms with E-state index in [0.717, 1.165) is 36.6 Å². The summed E-state index contributed by atoms with van der Waals surface area (Å²) in [4.78, 5) is 31.5. The largest absolute Gasteiger partial charge is 0.493 e. The third kappa shape index (κ3) is 5.75. The minimum Gasteiger partial charge on any atom is -0.493 e. The molecule has 0 spiro atoms. The van der Waals surface area contributed by atoms with Gasteiger partial charge >= 0.3 is 6.09 Å². The van der Waals surface area contributed by atoms with Crippen molar-refractivity contribution in [2.75, 3.05) is 19.7 Å². The number of benzene rings is 1. The molecule has 2 fully saturated rings. The molecule has 2 aliphatic rings. The fourth-order valence-electron chi connectivity index (χ4n) is 4.33. The van der Waals surface area contributed by atoms with Crippen molar-refractivity contribution in [3.05, 3.63) is 34.1 Å². The summed E-state index contributed by atoms with van der Waals surface area (Å²) in [6.45, 7) is -0.0276. The molecular weight excluding hydrogens is 456 g/mol. The monoisotopic (exact) mass is 483 g/mol. The van der Waals surface area contributed by atoms with E-state index in [1.54, 1.807) is 11.8 Å². The predicted octanol–water partition coefficient (Wildman–Crippen LogP) is 3.32. The van der Waals surface area contributed by atoms with Gasteiger partial charge in [-0.3, -0.25) is 4.79 Å². The third-order valence-electron chi connectivity index (χ3n) is 6.29. The number of nitrogens with zero attached hydrogens (tertiary/aromatic N) is 2. The van der Waals surface area contributed by atoms with Crippen LogP contribution in [0.25, 0.3) is 10.9 Å². The van der Waals surface area contributed by atoms with Crippen LogP contribution in [0.3, 0.4) is 0 Å². The lowest BCUT2D eigenvalue weighted by molar-refractivity contribution is 0.0551. The Bertz CT molecular complexity index is 1060. The number of likely N-dealkylation sites (tertiary alicyclic amines) is 1. The Balaban J connectivity index is 1.43. The summed E-state index contributed by atoms with van der Waals surface area (Å²) < 4.78 is 34.6. The maximum atomic E-state index is 14.6. The second-order valence-corrected chi connectivity index (χ2v) is 9.95. The average molecular weight is 484 g/mol. The van der Waals surface area contributed by atoms with Crippen LogP contribution in [-0.4, -0.2) is 68.4 Å². The van der Waals surface area contributed by atoms with Gasteiger partial charge in [-0.25, -0.2) is 18.6 Å². The third-order valence-corrected chi connectivity index (χ3v) is 7.68. The van der Waals surface area contributed by atoms with E-state index in [4.69, 9.17) is 9.84 Å². The van der Waals surface area contributed by atoms with Crippen LogP contribution in [0.4, 0.5) is 13.6 Å². The zero-order valence-electron chi connectivity index (χ0n) is 18.0. The molecule has 180 valence electrons. The van der Waals surface area contributed by atoms with E-state index < -0.39 is 29.6 Å². The van der Waals surface area contributed by atoms with Gasteiger partial charge in [-0.1, -0.05) is 0 Å². The number of hydrogen-bond donors (Lipinski definition) is 3. The molecule has 1 aromatic heterocycles. The number of aromatic amines is 1. The number of hydrogen-bond acceptors (Lipinski definition) is 6. The van der Waals surface area contributed by atoms with Crippen molar-refractivity contribution >= 4 is 28.8 Å². The summed E-state index contributed by atoms with van der Waals surface area (Å²) in [6, 6.07) is 2.55. The molecule has 0 unspecified atom stereocenters. The van der Waals surface area contributed by atoms with Gasteiger partial charge in [-0.2, -0.15) is 11.8 Å². The van der Waals surface area contributed by atoms with E-state index in [9.17, 15) is 23.5 Å². The predicted molar refractivity (Wildman–Crippen MR) is 120 cm³/mol. The Hall–Kier alpha value is -2.40. The molecule has 1 aliphatic carbocycles. The number of aliphatic hydroxyl groups excluding tert-OH is 1. The van der Waals surface area contributed by atoms with Crippen LogP contribution >= 0.6 is 11.8 Å². The molecular formula is C22H27F2N3O5S. The Morgan fingerprint density at radius 2 is 2.03 bits per heavy atom. The molecule has 1 saturated heterocycles. The topological polar surface area (TPSA) is 116 Å². The lowest BCUT2D eigenvalue weighted by Gasteiger charge is -2.32. The van der Waals surface area contributed by atoms with Crippen molar-refractivity contribution in [3.63, 3.8) is 0 Å². The highest BCUT2D eigenvalue weighted by molar-refractivity contribution is 7.99. The molecule has 4 rings (SSSR count). The van der Waals surface area contributed by atoms with E-state index >= 15 is 0 Å². The first-order chi connectivity index (χ1) is 15.8. The van der Waals surface area contributed by atoms with E-state index in [2.05, 4.69) is 9.97 Å². The average Bonchev–Trinajstić information content (AvgIpc) is 2.77. The van der Waals surface area contributed by atoms with Gasteiger partial charge in [0.2, 0.25) is 0 Å². The molecule has 8 nitrogen and oxygen atoms in total. The quantitative estimate of drug-likeness (QED) is 0.577. The smallest absolute Gasteiger partial charge is 0.407 e. The first-order valence-corrected chi connectivity index (χ1v) is 12.1. The van der Waals surface area contributed by atoms with Crippen LogP contribution in [0.5, 0.6) is 5.75 Å². The van der Waals surface area contributed by atoms with E-state index in [1.807, 2.05) is 0 Å². The molecule has 1 amide bonds. The van der Waals surface area contributed by atoms with Crippen LogP contribution in [0.2, 0.25) is 0 Å². The van der Waals surface area contributed by atoms with Crippen LogP contribution < -0.4 is 10.3 Å². The molecule has 11 heteroatoms. The Morgan fingerprint density at radius 3 is 2.73 bits per heavy atom. The Labute approximate surface area is 193 Å². The highest BCUT2D eigenvalue weighted by Gasteiger charge is 2.32. The number of nitrogens with one attached hydrogen (secondary N) is 1. The SMILES string of the molecule is O=C(O)N1CC[C@@H](COc2cc(F)c3c(=O)[nH]c(CS[C@H]4CC[C@H](O)CC4)nc3c2)[C@H](F)C1. The van der Waals surface area contributed by atoms with E-state index in [0.29, 0.717) is 23.2 Å². The lowest BCUT2D eigenvalue weighted by atomic mass is 9.96. The van der Waals surface area contributed by atoms with Gasteiger partial charge in [0.25, 0.3) is 5.56 Å². The number of aliphatic hydroxyl groups is 1. The number of aromatic nitrogens is 2. The summed E-state index contributed by atoms with van der Waals surface area (Å²) in [5.74, 6) is -0.234. The molecule has 1 aliphatic heterocycles. The number of piperidine rings is 1. The second-order valence-electron chi connectivity index (χ2n) is 8.66. The van der Waals surface area contributed by atoms with Crippen molar-refractivity contribution in [2.45, 2.75) is 55.4 Å². The fraction of sp³-hybridized carbons (Fsp3) is 0.591. The van der Waals surface area contributed by atoms with Crippen molar-refractivity contribution in [2.24, 2.45) is 5.92 Å². The Kier molecular flexibility index (Phi) is 7.38.